The van der Waals surface area contributed by atoms with Crippen molar-refractivity contribution in [3.63, 3.8) is 0 Å². The van der Waals surface area contributed by atoms with Crippen molar-refractivity contribution in [2.24, 2.45) is 0 Å². The maximum absolute atomic E-state index is 12.0. The average Bonchev–Trinajstić information content (AvgIpc) is 3.11. The van der Waals surface area contributed by atoms with Crippen molar-refractivity contribution in [2.45, 2.75) is 20.0 Å². The molecule has 0 bridgehead atoms. The van der Waals surface area contributed by atoms with Crippen LogP contribution in [-0.4, -0.2) is 49.1 Å². The highest BCUT2D eigenvalue weighted by Gasteiger charge is 2.26. The maximum Gasteiger partial charge on any atom is 0.291 e. The molecule has 8 nitrogen and oxygen atoms in total. The molecule has 0 atom stereocenters. The smallest absolute Gasteiger partial charge is 0.291 e. The minimum Gasteiger partial charge on any atom is -0.362 e. The van der Waals surface area contributed by atoms with E-state index >= 15 is 0 Å². The third-order valence-electron chi connectivity index (χ3n) is 3.89. The molecule has 4 rings (SSSR count). The Morgan fingerprint density at radius 3 is 3.04 bits per heavy atom. The second kappa shape index (κ2) is 5.27. The Morgan fingerprint density at radius 2 is 2.17 bits per heavy atom. The van der Waals surface area contributed by atoms with Gasteiger partial charge in [-0.15, -0.1) is 21.5 Å². The Kier molecular flexibility index (Phi) is 3.22. The Hall–Kier alpha value is -2.55. The van der Waals surface area contributed by atoms with Crippen LogP contribution < -0.4 is 5.32 Å². The van der Waals surface area contributed by atoms with E-state index in [1.807, 2.05) is 11.5 Å². The normalized spacial score (nSPS) is 14.3. The number of nitrogens with one attached hydrogen (secondary N) is 1. The summed E-state index contributed by atoms with van der Waals surface area (Å²) in [6.45, 7) is 3.88. The van der Waals surface area contributed by atoms with Gasteiger partial charge < -0.3 is 14.8 Å². The van der Waals surface area contributed by atoms with Crippen LogP contribution in [0.2, 0.25) is 0 Å². The minimum atomic E-state index is -0.0899. The summed E-state index contributed by atoms with van der Waals surface area (Å²) in [6.07, 6.45) is 1.55. The van der Waals surface area contributed by atoms with Crippen molar-refractivity contribution in [3.8, 4) is 0 Å². The zero-order valence-corrected chi connectivity index (χ0v) is 13.6. The SMILES string of the molecule is Cc1cc2c(NCc3nnc4n3CCN(C)C4=O)ncnc2s1. The van der Waals surface area contributed by atoms with E-state index in [-0.39, 0.29) is 5.91 Å². The molecule has 3 aromatic rings. The van der Waals surface area contributed by atoms with E-state index in [0.29, 0.717) is 25.5 Å². The summed E-state index contributed by atoms with van der Waals surface area (Å²) < 4.78 is 1.87. The molecule has 0 saturated heterocycles. The first-order valence-electron chi connectivity index (χ1n) is 7.26. The molecule has 0 aromatic carbocycles. The lowest BCUT2D eigenvalue weighted by atomic mass is 10.3. The molecule has 0 saturated carbocycles. The van der Waals surface area contributed by atoms with Crippen LogP contribution in [0.3, 0.4) is 0 Å². The maximum atomic E-state index is 12.0. The quantitative estimate of drug-likeness (QED) is 0.779. The topological polar surface area (TPSA) is 88.8 Å². The number of carbonyl (C=O) groups is 1. The summed E-state index contributed by atoms with van der Waals surface area (Å²) in [4.78, 5) is 24.4. The van der Waals surface area contributed by atoms with Gasteiger partial charge in [-0.05, 0) is 13.0 Å². The number of fused-ring (bicyclic) bond motifs is 2. The molecule has 1 N–H and O–H groups in total. The summed E-state index contributed by atoms with van der Waals surface area (Å²) >= 11 is 1.64. The number of nitrogens with zero attached hydrogens (tertiary/aromatic N) is 6. The van der Waals surface area contributed by atoms with Crippen molar-refractivity contribution in [1.29, 1.82) is 0 Å². The fourth-order valence-corrected chi connectivity index (χ4v) is 3.51. The first-order chi connectivity index (χ1) is 11.1. The van der Waals surface area contributed by atoms with Gasteiger partial charge in [0.15, 0.2) is 5.82 Å². The summed E-state index contributed by atoms with van der Waals surface area (Å²) in [5.74, 6) is 1.82. The van der Waals surface area contributed by atoms with E-state index in [2.05, 4.69) is 31.5 Å². The number of rotatable bonds is 3. The van der Waals surface area contributed by atoms with E-state index in [4.69, 9.17) is 0 Å². The fourth-order valence-electron chi connectivity index (χ4n) is 2.66. The van der Waals surface area contributed by atoms with E-state index in [1.54, 1.807) is 29.6 Å². The Labute approximate surface area is 136 Å². The number of hydrogen-bond acceptors (Lipinski definition) is 7. The van der Waals surface area contributed by atoms with E-state index in [1.165, 1.54) is 4.88 Å². The number of aryl methyl sites for hydroxylation is 1. The highest BCUT2D eigenvalue weighted by atomic mass is 32.1. The average molecular weight is 329 g/mol. The molecule has 1 aliphatic heterocycles. The molecule has 23 heavy (non-hydrogen) atoms. The molecule has 118 valence electrons. The van der Waals surface area contributed by atoms with Crippen molar-refractivity contribution < 1.29 is 4.79 Å². The van der Waals surface area contributed by atoms with Gasteiger partial charge in [0.25, 0.3) is 5.91 Å². The first-order valence-corrected chi connectivity index (χ1v) is 8.07. The van der Waals surface area contributed by atoms with Gasteiger partial charge in [-0.25, -0.2) is 9.97 Å². The van der Waals surface area contributed by atoms with Gasteiger partial charge in [-0.3, -0.25) is 4.79 Å². The van der Waals surface area contributed by atoms with Crippen LogP contribution in [0, 0.1) is 6.92 Å². The van der Waals surface area contributed by atoms with Crippen molar-refractivity contribution in [3.05, 3.63) is 28.9 Å². The highest BCUT2D eigenvalue weighted by Crippen LogP contribution is 2.27. The standard InChI is InChI=1S/C14H15N7OS/c1-8-5-9-11(16-7-17-13(9)23-8)15-6-10-18-19-12-14(22)20(2)3-4-21(10)12/h5,7H,3-4,6H2,1-2H3,(H,15,16,17). The Balaban J connectivity index is 1.60. The van der Waals surface area contributed by atoms with Gasteiger partial charge in [-0.1, -0.05) is 0 Å². The largest absolute Gasteiger partial charge is 0.362 e. The molecular formula is C14H15N7OS. The fraction of sp³-hybridized carbons (Fsp3) is 0.357. The molecule has 0 radical (unpaired) electrons. The number of hydrogen-bond donors (Lipinski definition) is 1. The lowest BCUT2D eigenvalue weighted by molar-refractivity contribution is 0.0740. The third-order valence-corrected chi connectivity index (χ3v) is 4.85. The van der Waals surface area contributed by atoms with Crippen LogP contribution in [0.25, 0.3) is 10.2 Å². The van der Waals surface area contributed by atoms with Gasteiger partial charge in [-0.2, -0.15) is 0 Å². The van der Waals surface area contributed by atoms with Gasteiger partial charge in [0, 0.05) is 25.0 Å². The summed E-state index contributed by atoms with van der Waals surface area (Å²) in [5, 5.41) is 12.5. The van der Waals surface area contributed by atoms with Gasteiger partial charge in [0.05, 0.1) is 11.9 Å². The van der Waals surface area contributed by atoms with E-state index in [0.717, 1.165) is 21.9 Å². The number of amides is 1. The second-order valence-electron chi connectivity index (χ2n) is 5.47. The van der Waals surface area contributed by atoms with Gasteiger partial charge in [0.1, 0.15) is 17.0 Å². The summed E-state index contributed by atoms with van der Waals surface area (Å²) in [6, 6.07) is 2.07. The van der Waals surface area contributed by atoms with Crippen LogP contribution in [-0.2, 0) is 13.1 Å². The monoisotopic (exact) mass is 329 g/mol. The lowest BCUT2D eigenvalue weighted by Crippen LogP contribution is -2.38. The third kappa shape index (κ3) is 2.33. The number of aromatic nitrogens is 5. The molecule has 0 unspecified atom stereocenters. The molecule has 3 aromatic heterocycles. The van der Waals surface area contributed by atoms with Crippen molar-refractivity contribution in [1.82, 2.24) is 29.6 Å². The van der Waals surface area contributed by atoms with Gasteiger partial charge in [0.2, 0.25) is 5.82 Å². The number of anilines is 1. The predicted octanol–water partition coefficient (Wildman–Crippen LogP) is 1.29. The zero-order chi connectivity index (χ0) is 16.0. The molecule has 1 amide bonds. The van der Waals surface area contributed by atoms with Crippen molar-refractivity contribution >= 4 is 33.3 Å². The molecule has 0 fully saturated rings. The van der Waals surface area contributed by atoms with E-state index in [9.17, 15) is 4.79 Å². The minimum absolute atomic E-state index is 0.0899. The predicted molar refractivity (Wildman–Crippen MR) is 86.5 cm³/mol. The van der Waals surface area contributed by atoms with Crippen LogP contribution in [0.1, 0.15) is 21.3 Å². The van der Waals surface area contributed by atoms with Crippen LogP contribution >= 0.6 is 11.3 Å². The van der Waals surface area contributed by atoms with Crippen LogP contribution in [0.4, 0.5) is 5.82 Å². The molecule has 9 heteroatoms. The molecule has 1 aliphatic rings. The number of carbonyl (C=O) groups excluding carboxylic acids is 1. The Morgan fingerprint density at radius 1 is 1.30 bits per heavy atom. The first kappa shape index (κ1) is 14.1. The number of likely N-dealkylation sites (N-methyl/N-ethyl adjacent to an activating group) is 1. The molecule has 4 heterocycles. The van der Waals surface area contributed by atoms with Crippen LogP contribution in [0.15, 0.2) is 12.4 Å². The number of thiophene rings is 1. The zero-order valence-electron chi connectivity index (χ0n) is 12.8. The van der Waals surface area contributed by atoms with Crippen LogP contribution in [0.5, 0.6) is 0 Å². The summed E-state index contributed by atoms with van der Waals surface area (Å²) in [7, 11) is 1.77. The summed E-state index contributed by atoms with van der Waals surface area (Å²) in [5.41, 5.74) is 0. The van der Waals surface area contributed by atoms with Gasteiger partial charge >= 0.3 is 0 Å². The van der Waals surface area contributed by atoms with E-state index < -0.39 is 0 Å². The Bertz CT molecular complexity index is 900. The molecule has 0 aliphatic carbocycles. The van der Waals surface area contributed by atoms with Crippen molar-refractivity contribution in [2.75, 3.05) is 18.9 Å². The second-order valence-corrected chi connectivity index (χ2v) is 6.70. The highest BCUT2D eigenvalue weighted by molar-refractivity contribution is 7.18. The molecule has 0 spiro atoms. The molecular weight excluding hydrogens is 314 g/mol. The lowest BCUT2D eigenvalue weighted by Gasteiger charge is -2.23.